The van der Waals surface area contributed by atoms with Gasteiger partial charge in [0.05, 0.1) is 0 Å². The van der Waals surface area contributed by atoms with Gasteiger partial charge in [0, 0.05) is 32.7 Å². The van der Waals surface area contributed by atoms with E-state index in [0.29, 0.717) is 26.1 Å². The first-order chi connectivity index (χ1) is 8.76. The van der Waals surface area contributed by atoms with E-state index in [-0.39, 0.29) is 5.54 Å². The van der Waals surface area contributed by atoms with Crippen molar-refractivity contribution < 1.29 is 8.42 Å². The van der Waals surface area contributed by atoms with Gasteiger partial charge in [-0.2, -0.15) is 17.0 Å². The average Bonchev–Trinajstić information content (AvgIpc) is 2.29. The lowest BCUT2D eigenvalue weighted by molar-refractivity contribution is 0.0444. The summed E-state index contributed by atoms with van der Waals surface area (Å²) in [5.74, 6) is 0. The second kappa shape index (κ2) is 6.49. The molecule has 0 radical (unpaired) electrons. The summed E-state index contributed by atoms with van der Waals surface area (Å²) < 4.78 is 27.6. The largest absolute Gasteiger partial charge is 0.330 e. The molecule has 0 atom stereocenters. The van der Waals surface area contributed by atoms with Crippen molar-refractivity contribution in [2.24, 2.45) is 5.73 Å². The molecule has 2 N–H and O–H groups in total. The van der Waals surface area contributed by atoms with Crippen LogP contribution in [-0.4, -0.2) is 75.3 Å². The van der Waals surface area contributed by atoms with Gasteiger partial charge in [-0.1, -0.05) is 0 Å². The van der Waals surface area contributed by atoms with E-state index < -0.39 is 10.2 Å². The molecule has 0 saturated heterocycles. The van der Waals surface area contributed by atoms with Crippen LogP contribution in [0.15, 0.2) is 0 Å². The van der Waals surface area contributed by atoms with E-state index in [2.05, 4.69) is 4.90 Å². The summed E-state index contributed by atoms with van der Waals surface area (Å²) in [5, 5.41) is 0. The Bertz CT molecular complexity index is 379. The van der Waals surface area contributed by atoms with Crippen LogP contribution in [0.1, 0.15) is 25.7 Å². The first-order valence-electron chi connectivity index (χ1n) is 6.81. The topological polar surface area (TPSA) is 69.9 Å². The average molecular weight is 292 g/mol. The highest BCUT2D eigenvalue weighted by atomic mass is 32.2. The molecule has 0 aromatic heterocycles. The molecule has 0 amide bonds. The van der Waals surface area contributed by atoms with Gasteiger partial charge in [-0.3, -0.25) is 0 Å². The zero-order valence-corrected chi connectivity index (χ0v) is 13.4. The van der Waals surface area contributed by atoms with E-state index >= 15 is 0 Å². The van der Waals surface area contributed by atoms with Crippen molar-refractivity contribution in [2.45, 2.75) is 31.2 Å². The molecule has 0 heterocycles. The van der Waals surface area contributed by atoms with Crippen LogP contribution in [0.5, 0.6) is 0 Å². The third-order valence-corrected chi connectivity index (χ3v) is 6.10. The SMILES string of the molecule is CN(C)C1(CN(C)S(=O)(=O)N(C)CCCN)CCC1. The maximum atomic E-state index is 12.4. The quantitative estimate of drug-likeness (QED) is 0.680. The Morgan fingerprint density at radius 2 is 1.68 bits per heavy atom. The predicted octanol–water partition coefficient (Wildman–Crippen LogP) is -0.0721. The molecule has 0 bridgehead atoms. The van der Waals surface area contributed by atoms with Crippen molar-refractivity contribution in [3.05, 3.63) is 0 Å². The molecule has 1 fully saturated rings. The Balaban J connectivity index is 2.68. The molecule has 0 aliphatic heterocycles. The molecule has 1 rings (SSSR count). The number of nitrogens with zero attached hydrogens (tertiary/aromatic N) is 3. The van der Waals surface area contributed by atoms with Gasteiger partial charge in [0.1, 0.15) is 0 Å². The Morgan fingerprint density at radius 1 is 1.11 bits per heavy atom. The molecule has 114 valence electrons. The number of hydrogen-bond donors (Lipinski definition) is 1. The summed E-state index contributed by atoms with van der Waals surface area (Å²) in [5.41, 5.74) is 5.44. The van der Waals surface area contributed by atoms with Crippen LogP contribution in [-0.2, 0) is 10.2 Å². The smallest absolute Gasteiger partial charge is 0.281 e. The molecule has 19 heavy (non-hydrogen) atoms. The van der Waals surface area contributed by atoms with E-state index in [1.807, 2.05) is 14.1 Å². The van der Waals surface area contributed by atoms with Crippen LogP contribution in [0.3, 0.4) is 0 Å². The van der Waals surface area contributed by atoms with Crippen LogP contribution < -0.4 is 5.73 Å². The summed E-state index contributed by atoms with van der Waals surface area (Å²) in [4.78, 5) is 2.16. The Labute approximate surface area is 117 Å². The van der Waals surface area contributed by atoms with Gasteiger partial charge in [-0.05, 0) is 46.3 Å². The van der Waals surface area contributed by atoms with Gasteiger partial charge in [-0.25, -0.2) is 0 Å². The molecule has 0 spiro atoms. The highest BCUT2D eigenvalue weighted by Crippen LogP contribution is 2.37. The zero-order valence-electron chi connectivity index (χ0n) is 12.6. The van der Waals surface area contributed by atoms with Gasteiger partial charge < -0.3 is 10.6 Å². The number of nitrogens with two attached hydrogens (primary N) is 1. The number of hydrogen-bond acceptors (Lipinski definition) is 4. The molecular weight excluding hydrogens is 264 g/mol. The molecule has 1 saturated carbocycles. The maximum absolute atomic E-state index is 12.4. The lowest BCUT2D eigenvalue weighted by atomic mass is 9.75. The molecule has 0 aromatic rings. The molecule has 0 unspecified atom stereocenters. The second-order valence-electron chi connectivity index (χ2n) is 5.70. The Morgan fingerprint density at radius 3 is 2.05 bits per heavy atom. The minimum atomic E-state index is -3.37. The summed E-state index contributed by atoms with van der Waals surface area (Å²) in [6, 6.07) is 0. The third kappa shape index (κ3) is 3.66. The van der Waals surface area contributed by atoms with E-state index in [1.165, 1.54) is 15.0 Å². The van der Waals surface area contributed by atoms with E-state index in [1.54, 1.807) is 14.1 Å². The molecule has 6 nitrogen and oxygen atoms in total. The van der Waals surface area contributed by atoms with Gasteiger partial charge in [0.2, 0.25) is 0 Å². The molecule has 1 aliphatic carbocycles. The van der Waals surface area contributed by atoms with Crippen LogP contribution in [0, 0.1) is 0 Å². The van der Waals surface area contributed by atoms with Crippen molar-refractivity contribution in [2.75, 3.05) is 47.8 Å². The third-order valence-electron chi connectivity index (χ3n) is 4.21. The minimum absolute atomic E-state index is 0.0104. The van der Waals surface area contributed by atoms with E-state index in [4.69, 9.17) is 5.73 Å². The zero-order chi connectivity index (χ0) is 14.7. The first-order valence-corrected chi connectivity index (χ1v) is 8.21. The fourth-order valence-electron chi connectivity index (χ4n) is 2.49. The van der Waals surface area contributed by atoms with Crippen molar-refractivity contribution in [3.8, 4) is 0 Å². The monoisotopic (exact) mass is 292 g/mol. The Hall–Kier alpha value is -0.210. The Kier molecular flexibility index (Phi) is 5.76. The predicted molar refractivity (Wildman–Crippen MR) is 78.1 cm³/mol. The lowest BCUT2D eigenvalue weighted by Gasteiger charge is -2.49. The lowest BCUT2D eigenvalue weighted by Crippen LogP contribution is -2.58. The normalized spacial score (nSPS) is 19.2. The molecule has 7 heteroatoms. The van der Waals surface area contributed by atoms with Crippen LogP contribution in [0.4, 0.5) is 0 Å². The van der Waals surface area contributed by atoms with Crippen LogP contribution >= 0.6 is 0 Å². The first kappa shape index (κ1) is 16.8. The highest BCUT2D eigenvalue weighted by Gasteiger charge is 2.42. The second-order valence-corrected chi connectivity index (χ2v) is 7.84. The van der Waals surface area contributed by atoms with Crippen molar-refractivity contribution in [3.63, 3.8) is 0 Å². The molecular formula is C12H28N4O2S. The van der Waals surface area contributed by atoms with Gasteiger partial charge in [0.15, 0.2) is 0 Å². The van der Waals surface area contributed by atoms with Gasteiger partial charge in [-0.15, -0.1) is 0 Å². The minimum Gasteiger partial charge on any atom is -0.330 e. The van der Waals surface area contributed by atoms with Crippen molar-refractivity contribution in [1.29, 1.82) is 0 Å². The fourth-order valence-corrected chi connectivity index (χ4v) is 3.73. The summed E-state index contributed by atoms with van der Waals surface area (Å²) in [6.07, 6.45) is 3.98. The fraction of sp³-hybridized carbons (Fsp3) is 1.00. The van der Waals surface area contributed by atoms with Gasteiger partial charge >= 0.3 is 0 Å². The standard InChI is InChI=1S/C12H28N4O2S/c1-14(2)12(7-5-8-12)11-16(4)19(17,18)15(3)10-6-9-13/h5-11,13H2,1-4H3. The van der Waals surface area contributed by atoms with Crippen molar-refractivity contribution in [1.82, 2.24) is 13.5 Å². The van der Waals surface area contributed by atoms with Crippen molar-refractivity contribution >= 4 is 10.2 Å². The number of rotatable bonds is 8. The summed E-state index contributed by atoms with van der Waals surface area (Å²) in [7, 11) is 3.96. The summed E-state index contributed by atoms with van der Waals surface area (Å²) in [6.45, 7) is 1.53. The van der Waals surface area contributed by atoms with E-state index in [0.717, 1.165) is 12.8 Å². The molecule has 1 aliphatic rings. The molecule has 0 aromatic carbocycles. The van der Waals surface area contributed by atoms with Crippen LogP contribution in [0.25, 0.3) is 0 Å². The highest BCUT2D eigenvalue weighted by molar-refractivity contribution is 7.86. The van der Waals surface area contributed by atoms with E-state index in [9.17, 15) is 8.42 Å². The maximum Gasteiger partial charge on any atom is 0.281 e. The van der Waals surface area contributed by atoms with Crippen LogP contribution in [0.2, 0.25) is 0 Å². The summed E-state index contributed by atoms with van der Waals surface area (Å²) >= 11 is 0. The van der Waals surface area contributed by atoms with Gasteiger partial charge in [0.25, 0.3) is 10.2 Å². The number of likely N-dealkylation sites (N-methyl/N-ethyl adjacent to an activating group) is 2.